The standard InChI is InChI=1S/C16H10Cl2F3N5O2S/c17-11-2-1-3-12(14(11)18)22-13(27)8-29-15-23-24-25-26(15)9-4-6-10(7-5-9)28-16(19,20)21/h1-7H,8H2,(H,22,27). The number of nitrogens with one attached hydrogen (secondary N) is 1. The summed E-state index contributed by atoms with van der Waals surface area (Å²) in [5.41, 5.74) is 0.759. The van der Waals surface area contributed by atoms with Crippen LogP contribution >= 0.6 is 35.0 Å². The number of aromatic nitrogens is 4. The summed E-state index contributed by atoms with van der Waals surface area (Å²) in [6.07, 6.45) is -4.78. The lowest BCUT2D eigenvalue weighted by Gasteiger charge is -2.10. The van der Waals surface area contributed by atoms with Crippen LogP contribution in [-0.4, -0.2) is 38.2 Å². The van der Waals surface area contributed by atoms with E-state index in [1.54, 1.807) is 18.2 Å². The van der Waals surface area contributed by atoms with E-state index in [0.29, 0.717) is 16.4 Å². The molecule has 0 aliphatic carbocycles. The molecule has 0 saturated heterocycles. The maximum Gasteiger partial charge on any atom is 0.573 e. The quantitative estimate of drug-likeness (QED) is 0.538. The lowest BCUT2D eigenvalue weighted by Crippen LogP contribution is -2.17. The van der Waals surface area contributed by atoms with Gasteiger partial charge >= 0.3 is 6.36 Å². The van der Waals surface area contributed by atoms with Gasteiger partial charge in [-0.2, -0.15) is 4.68 Å². The van der Waals surface area contributed by atoms with Crippen molar-refractivity contribution in [3.8, 4) is 11.4 Å². The zero-order chi connectivity index (χ0) is 21.0. The summed E-state index contributed by atoms with van der Waals surface area (Å²) in [7, 11) is 0. The first-order chi connectivity index (χ1) is 13.7. The average molecular weight is 464 g/mol. The Labute approximate surface area is 176 Å². The minimum atomic E-state index is -4.78. The molecule has 7 nitrogen and oxygen atoms in total. The minimum absolute atomic E-state index is 0.0432. The van der Waals surface area contributed by atoms with Gasteiger partial charge < -0.3 is 10.1 Å². The van der Waals surface area contributed by atoms with Gasteiger partial charge in [0, 0.05) is 0 Å². The Morgan fingerprint density at radius 1 is 1.17 bits per heavy atom. The molecule has 152 valence electrons. The number of benzene rings is 2. The molecular formula is C16H10Cl2F3N5O2S. The van der Waals surface area contributed by atoms with E-state index in [4.69, 9.17) is 23.2 Å². The highest BCUT2D eigenvalue weighted by molar-refractivity contribution is 7.99. The summed E-state index contributed by atoms with van der Waals surface area (Å²) in [5, 5.41) is 14.5. The first-order valence-electron chi connectivity index (χ1n) is 7.74. The molecule has 0 aliphatic heterocycles. The van der Waals surface area contributed by atoms with Gasteiger partial charge in [-0.1, -0.05) is 41.0 Å². The molecule has 1 heterocycles. The molecule has 13 heteroatoms. The molecule has 29 heavy (non-hydrogen) atoms. The lowest BCUT2D eigenvalue weighted by atomic mass is 10.3. The van der Waals surface area contributed by atoms with Crippen molar-refractivity contribution < 1.29 is 22.7 Å². The van der Waals surface area contributed by atoms with Crippen molar-refractivity contribution in [2.75, 3.05) is 11.1 Å². The highest BCUT2D eigenvalue weighted by atomic mass is 35.5. The van der Waals surface area contributed by atoms with E-state index in [1.165, 1.54) is 16.8 Å². The van der Waals surface area contributed by atoms with Crippen molar-refractivity contribution in [1.29, 1.82) is 0 Å². The molecule has 0 spiro atoms. The molecule has 0 radical (unpaired) electrons. The second kappa shape index (κ2) is 8.89. The van der Waals surface area contributed by atoms with E-state index < -0.39 is 6.36 Å². The molecule has 3 rings (SSSR count). The normalized spacial score (nSPS) is 11.3. The number of tetrazole rings is 1. The predicted octanol–water partition coefficient (Wildman–Crippen LogP) is 4.60. The fourth-order valence-electron chi connectivity index (χ4n) is 2.14. The largest absolute Gasteiger partial charge is 0.573 e. The third-order valence-electron chi connectivity index (χ3n) is 3.31. The molecule has 0 aliphatic rings. The third kappa shape index (κ3) is 5.75. The molecule has 0 atom stereocenters. The van der Waals surface area contributed by atoms with E-state index in [0.717, 1.165) is 23.9 Å². The number of amides is 1. The summed E-state index contributed by atoms with van der Waals surface area (Å²) >= 11 is 13.0. The molecule has 1 N–H and O–H groups in total. The van der Waals surface area contributed by atoms with Gasteiger partial charge in [0.2, 0.25) is 11.1 Å². The number of alkyl halides is 3. The van der Waals surface area contributed by atoms with Crippen molar-refractivity contribution in [2.45, 2.75) is 11.5 Å². The van der Waals surface area contributed by atoms with Crippen molar-refractivity contribution in [1.82, 2.24) is 20.2 Å². The number of hydrogen-bond donors (Lipinski definition) is 1. The Kier molecular flexibility index (Phi) is 6.50. The Morgan fingerprint density at radius 3 is 2.59 bits per heavy atom. The summed E-state index contributed by atoms with van der Waals surface area (Å²) < 4.78 is 41.8. The zero-order valence-electron chi connectivity index (χ0n) is 14.2. The van der Waals surface area contributed by atoms with E-state index in [9.17, 15) is 18.0 Å². The smallest absolute Gasteiger partial charge is 0.406 e. The molecular weight excluding hydrogens is 454 g/mol. The molecule has 3 aromatic rings. The second-order valence-electron chi connectivity index (χ2n) is 5.35. The van der Waals surface area contributed by atoms with Gasteiger partial charge in [0.05, 0.1) is 27.2 Å². The number of nitrogens with zero attached hydrogens (tertiary/aromatic N) is 4. The first kappa shape index (κ1) is 21.2. The van der Waals surface area contributed by atoms with Crippen LogP contribution in [0.1, 0.15) is 0 Å². The van der Waals surface area contributed by atoms with Gasteiger partial charge in [0.15, 0.2) is 0 Å². The molecule has 0 fully saturated rings. The van der Waals surface area contributed by atoms with Crippen LogP contribution in [0.5, 0.6) is 5.75 Å². The van der Waals surface area contributed by atoms with Gasteiger partial charge in [0.1, 0.15) is 5.75 Å². The highest BCUT2D eigenvalue weighted by Crippen LogP contribution is 2.30. The predicted molar refractivity (Wildman–Crippen MR) is 102 cm³/mol. The Morgan fingerprint density at radius 2 is 1.90 bits per heavy atom. The number of carbonyl (C=O) groups is 1. The molecule has 1 aromatic heterocycles. The first-order valence-corrected chi connectivity index (χ1v) is 9.48. The number of ether oxygens (including phenoxy) is 1. The van der Waals surface area contributed by atoms with Crippen LogP contribution in [0.25, 0.3) is 5.69 Å². The van der Waals surface area contributed by atoms with E-state index in [2.05, 4.69) is 25.6 Å². The van der Waals surface area contributed by atoms with E-state index in [1.807, 2.05) is 0 Å². The monoisotopic (exact) mass is 463 g/mol. The van der Waals surface area contributed by atoms with Crippen molar-refractivity contribution in [3.05, 3.63) is 52.5 Å². The summed E-state index contributed by atoms with van der Waals surface area (Å²) in [5.74, 6) is -0.790. The Hall–Kier alpha value is -2.50. The van der Waals surface area contributed by atoms with Crippen LogP contribution in [-0.2, 0) is 4.79 Å². The van der Waals surface area contributed by atoms with Crippen LogP contribution in [0.2, 0.25) is 10.0 Å². The zero-order valence-corrected chi connectivity index (χ0v) is 16.5. The molecule has 0 bridgehead atoms. The molecule has 2 aromatic carbocycles. The fourth-order valence-corrected chi connectivity index (χ4v) is 3.18. The molecule has 1 amide bonds. The van der Waals surface area contributed by atoms with Crippen LogP contribution in [0.4, 0.5) is 18.9 Å². The van der Waals surface area contributed by atoms with Gasteiger partial charge in [0.25, 0.3) is 0 Å². The summed E-state index contributed by atoms with van der Waals surface area (Å²) in [6, 6.07) is 9.81. The average Bonchev–Trinajstić information content (AvgIpc) is 3.12. The summed E-state index contributed by atoms with van der Waals surface area (Å²) in [6.45, 7) is 0. The van der Waals surface area contributed by atoms with Crippen molar-refractivity contribution >= 4 is 46.6 Å². The fraction of sp³-hybridized carbons (Fsp3) is 0.125. The van der Waals surface area contributed by atoms with E-state index >= 15 is 0 Å². The van der Waals surface area contributed by atoms with E-state index in [-0.39, 0.29) is 27.6 Å². The van der Waals surface area contributed by atoms with Crippen LogP contribution in [0.15, 0.2) is 47.6 Å². The van der Waals surface area contributed by atoms with Gasteiger partial charge in [-0.05, 0) is 46.8 Å². The summed E-state index contributed by atoms with van der Waals surface area (Å²) in [4.78, 5) is 12.2. The molecule has 0 unspecified atom stereocenters. The Bertz CT molecular complexity index is 1010. The maximum absolute atomic E-state index is 12.2. The SMILES string of the molecule is O=C(CSc1nnnn1-c1ccc(OC(F)(F)F)cc1)Nc1cccc(Cl)c1Cl. The second-order valence-corrected chi connectivity index (χ2v) is 7.08. The Balaban J connectivity index is 1.64. The van der Waals surface area contributed by atoms with Crippen LogP contribution in [0.3, 0.4) is 0 Å². The number of thioether (sulfide) groups is 1. The number of anilines is 1. The van der Waals surface area contributed by atoms with Crippen molar-refractivity contribution in [3.63, 3.8) is 0 Å². The highest BCUT2D eigenvalue weighted by Gasteiger charge is 2.31. The topological polar surface area (TPSA) is 81.9 Å². The van der Waals surface area contributed by atoms with Crippen molar-refractivity contribution in [2.24, 2.45) is 0 Å². The van der Waals surface area contributed by atoms with Crippen LogP contribution < -0.4 is 10.1 Å². The minimum Gasteiger partial charge on any atom is -0.406 e. The molecule has 0 saturated carbocycles. The van der Waals surface area contributed by atoms with Gasteiger partial charge in [-0.25, -0.2) is 0 Å². The third-order valence-corrected chi connectivity index (χ3v) is 5.05. The maximum atomic E-state index is 12.2. The number of halogens is 5. The number of carbonyl (C=O) groups excluding carboxylic acids is 1. The van der Waals surface area contributed by atoms with Crippen LogP contribution in [0, 0.1) is 0 Å². The lowest BCUT2D eigenvalue weighted by molar-refractivity contribution is -0.274. The number of hydrogen-bond acceptors (Lipinski definition) is 6. The van der Waals surface area contributed by atoms with Gasteiger partial charge in [-0.3, -0.25) is 4.79 Å². The van der Waals surface area contributed by atoms with Gasteiger partial charge in [-0.15, -0.1) is 18.3 Å². The number of rotatable bonds is 6.